The highest BCUT2D eigenvalue weighted by Crippen LogP contribution is 2.39. The number of nitrogens with zero attached hydrogens (tertiary/aromatic N) is 1. The summed E-state index contributed by atoms with van der Waals surface area (Å²) in [4.78, 5) is 0.286. The minimum absolute atomic E-state index is 0.286. The average molecular weight is 286 g/mol. The lowest BCUT2D eigenvalue weighted by Crippen LogP contribution is -2.29. The van der Waals surface area contributed by atoms with E-state index in [0.717, 1.165) is 6.42 Å². The van der Waals surface area contributed by atoms with E-state index in [1.54, 1.807) is 27.1 Å². The number of furan rings is 1. The quantitative estimate of drug-likeness (QED) is 0.862. The van der Waals surface area contributed by atoms with E-state index >= 15 is 0 Å². The van der Waals surface area contributed by atoms with E-state index in [2.05, 4.69) is 12.2 Å². The summed E-state index contributed by atoms with van der Waals surface area (Å²) in [5.41, 5.74) is 0. The van der Waals surface area contributed by atoms with Crippen molar-refractivity contribution in [2.24, 2.45) is 11.8 Å². The summed E-state index contributed by atoms with van der Waals surface area (Å²) in [7, 11) is 0.00784. The number of hydrogen-bond acceptors (Lipinski definition) is 4. The van der Waals surface area contributed by atoms with Crippen LogP contribution in [-0.4, -0.2) is 33.4 Å². The maximum atomic E-state index is 12.5. The molecule has 1 aromatic rings. The fraction of sp³-hybridized carbons (Fsp3) is 0.692. The van der Waals surface area contributed by atoms with Gasteiger partial charge in [0.1, 0.15) is 16.4 Å². The fourth-order valence-electron chi connectivity index (χ4n) is 2.29. The second kappa shape index (κ2) is 5.26. The molecule has 2 unspecified atom stereocenters. The van der Waals surface area contributed by atoms with E-state index in [-0.39, 0.29) is 4.90 Å². The van der Waals surface area contributed by atoms with E-state index in [4.69, 9.17) is 4.42 Å². The Morgan fingerprint density at radius 1 is 1.53 bits per heavy atom. The molecule has 0 amide bonds. The lowest BCUT2D eigenvalue weighted by molar-refractivity contribution is 0.438. The molecule has 1 aliphatic rings. The minimum atomic E-state index is -3.43. The van der Waals surface area contributed by atoms with E-state index in [0.29, 0.717) is 36.4 Å². The van der Waals surface area contributed by atoms with E-state index < -0.39 is 10.0 Å². The Labute approximate surface area is 115 Å². The van der Waals surface area contributed by atoms with Crippen LogP contribution in [0.15, 0.2) is 15.4 Å². The SMILES string of the molecule is CNCc1cc(S(=O)(=O)N(C)CC2CC2C)c(C)o1. The molecular weight excluding hydrogens is 264 g/mol. The maximum Gasteiger partial charge on any atom is 0.246 e. The summed E-state index contributed by atoms with van der Waals surface area (Å²) in [5, 5.41) is 2.95. The van der Waals surface area contributed by atoms with E-state index in [1.165, 1.54) is 4.31 Å². The molecule has 1 heterocycles. The average Bonchev–Trinajstić information content (AvgIpc) is 2.86. The Hall–Kier alpha value is -0.850. The number of hydrogen-bond donors (Lipinski definition) is 1. The van der Waals surface area contributed by atoms with Crippen molar-refractivity contribution in [3.05, 3.63) is 17.6 Å². The molecule has 0 radical (unpaired) electrons. The highest BCUT2D eigenvalue weighted by Gasteiger charge is 2.37. The zero-order valence-corrected chi connectivity index (χ0v) is 12.8. The second-order valence-electron chi connectivity index (χ2n) is 5.42. The van der Waals surface area contributed by atoms with Gasteiger partial charge in [0, 0.05) is 19.7 Å². The minimum Gasteiger partial charge on any atom is -0.464 e. The Bertz CT molecular complexity index is 550. The number of nitrogens with one attached hydrogen (secondary N) is 1. The molecule has 5 nitrogen and oxygen atoms in total. The lowest BCUT2D eigenvalue weighted by atomic mass is 10.3. The van der Waals surface area contributed by atoms with Crippen molar-refractivity contribution >= 4 is 10.0 Å². The van der Waals surface area contributed by atoms with Gasteiger partial charge in [-0.3, -0.25) is 0 Å². The van der Waals surface area contributed by atoms with Crippen LogP contribution in [0, 0.1) is 18.8 Å². The van der Waals surface area contributed by atoms with Crippen LogP contribution in [0.25, 0.3) is 0 Å². The van der Waals surface area contributed by atoms with Gasteiger partial charge in [-0.15, -0.1) is 0 Å². The van der Waals surface area contributed by atoms with Crippen molar-refractivity contribution in [2.75, 3.05) is 20.6 Å². The smallest absolute Gasteiger partial charge is 0.246 e. The van der Waals surface area contributed by atoms with Gasteiger partial charge in [0.05, 0.1) is 6.54 Å². The number of aryl methyl sites for hydroxylation is 1. The monoisotopic (exact) mass is 286 g/mol. The van der Waals surface area contributed by atoms with Crippen LogP contribution in [0.3, 0.4) is 0 Å². The molecule has 2 rings (SSSR count). The van der Waals surface area contributed by atoms with Crippen LogP contribution in [0.2, 0.25) is 0 Å². The molecule has 0 aromatic carbocycles. The molecule has 1 aromatic heterocycles. The van der Waals surface area contributed by atoms with Crippen molar-refractivity contribution < 1.29 is 12.8 Å². The van der Waals surface area contributed by atoms with Gasteiger partial charge in [0.25, 0.3) is 0 Å². The fourth-order valence-corrected chi connectivity index (χ4v) is 3.70. The molecular formula is C13H22N2O3S. The molecule has 0 bridgehead atoms. The van der Waals surface area contributed by atoms with E-state index in [1.807, 2.05) is 0 Å². The normalized spacial score (nSPS) is 23.0. The van der Waals surface area contributed by atoms with Crippen molar-refractivity contribution in [1.82, 2.24) is 9.62 Å². The molecule has 1 aliphatic carbocycles. The van der Waals surface area contributed by atoms with Crippen LogP contribution < -0.4 is 5.32 Å². The molecule has 0 spiro atoms. The third-order valence-electron chi connectivity index (χ3n) is 3.73. The Kier molecular flexibility index (Phi) is 4.03. The van der Waals surface area contributed by atoms with Crippen molar-refractivity contribution in [3.8, 4) is 0 Å². The van der Waals surface area contributed by atoms with Crippen molar-refractivity contribution in [1.29, 1.82) is 0 Å². The van der Waals surface area contributed by atoms with Crippen LogP contribution in [-0.2, 0) is 16.6 Å². The first-order valence-corrected chi connectivity index (χ1v) is 8.00. The highest BCUT2D eigenvalue weighted by molar-refractivity contribution is 7.89. The third kappa shape index (κ3) is 3.01. The van der Waals surface area contributed by atoms with Gasteiger partial charge in [-0.25, -0.2) is 12.7 Å². The molecule has 6 heteroatoms. The lowest BCUT2D eigenvalue weighted by Gasteiger charge is -2.16. The Morgan fingerprint density at radius 3 is 2.68 bits per heavy atom. The molecule has 1 saturated carbocycles. The first-order valence-electron chi connectivity index (χ1n) is 6.56. The predicted molar refractivity (Wildman–Crippen MR) is 73.3 cm³/mol. The Balaban J connectivity index is 2.18. The number of sulfonamides is 1. The molecule has 2 atom stereocenters. The van der Waals surface area contributed by atoms with Gasteiger partial charge in [-0.1, -0.05) is 6.92 Å². The summed E-state index contributed by atoms with van der Waals surface area (Å²) >= 11 is 0. The summed E-state index contributed by atoms with van der Waals surface area (Å²) < 4.78 is 31.9. The van der Waals surface area contributed by atoms with Crippen molar-refractivity contribution in [3.63, 3.8) is 0 Å². The van der Waals surface area contributed by atoms with Crippen LogP contribution >= 0.6 is 0 Å². The van der Waals surface area contributed by atoms with Gasteiger partial charge < -0.3 is 9.73 Å². The van der Waals surface area contributed by atoms with Gasteiger partial charge >= 0.3 is 0 Å². The topological polar surface area (TPSA) is 62.6 Å². The van der Waals surface area contributed by atoms with E-state index in [9.17, 15) is 8.42 Å². The van der Waals surface area contributed by atoms with Gasteiger partial charge in [0.2, 0.25) is 10.0 Å². The summed E-state index contributed by atoms with van der Waals surface area (Å²) in [5.74, 6) is 2.25. The summed E-state index contributed by atoms with van der Waals surface area (Å²) in [6.45, 7) is 4.97. The molecule has 108 valence electrons. The maximum absolute atomic E-state index is 12.5. The second-order valence-corrected chi connectivity index (χ2v) is 7.44. The first kappa shape index (κ1) is 14.6. The van der Waals surface area contributed by atoms with Gasteiger partial charge in [0.15, 0.2) is 0 Å². The standard InChI is InChI=1S/C13H22N2O3S/c1-9-5-11(9)8-15(4)19(16,17)13-6-12(7-14-3)18-10(13)2/h6,9,11,14H,5,7-8H2,1-4H3. The molecule has 1 N–H and O–H groups in total. The van der Waals surface area contributed by atoms with Gasteiger partial charge in [-0.05, 0) is 32.2 Å². The Morgan fingerprint density at radius 2 is 2.16 bits per heavy atom. The van der Waals surface area contributed by atoms with Crippen LogP contribution in [0.5, 0.6) is 0 Å². The van der Waals surface area contributed by atoms with Gasteiger partial charge in [-0.2, -0.15) is 0 Å². The predicted octanol–water partition coefficient (Wildman–Crippen LogP) is 1.58. The van der Waals surface area contributed by atoms with Crippen LogP contribution in [0.4, 0.5) is 0 Å². The third-order valence-corrected chi connectivity index (χ3v) is 5.66. The molecule has 19 heavy (non-hydrogen) atoms. The zero-order valence-electron chi connectivity index (χ0n) is 11.9. The number of rotatable bonds is 6. The van der Waals surface area contributed by atoms with Crippen LogP contribution in [0.1, 0.15) is 24.9 Å². The van der Waals surface area contributed by atoms with Crippen molar-refractivity contribution in [2.45, 2.75) is 31.7 Å². The molecule has 0 aliphatic heterocycles. The first-order chi connectivity index (χ1) is 8.86. The largest absolute Gasteiger partial charge is 0.464 e. The summed E-state index contributed by atoms with van der Waals surface area (Å²) in [6, 6.07) is 1.62. The highest BCUT2D eigenvalue weighted by atomic mass is 32.2. The summed E-state index contributed by atoms with van der Waals surface area (Å²) in [6.07, 6.45) is 1.12. The molecule has 0 saturated heterocycles. The zero-order chi connectivity index (χ0) is 14.2. The molecule has 1 fully saturated rings.